The van der Waals surface area contributed by atoms with Gasteiger partial charge in [-0.1, -0.05) is 26.7 Å². The van der Waals surface area contributed by atoms with Gasteiger partial charge in [-0.2, -0.15) is 0 Å². The Hall–Kier alpha value is -0.810. The molecular weight excluding hydrogens is 268 g/mol. The van der Waals surface area contributed by atoms with Crippen LogP contribution in [0.5, 0.6) is 0 Å². The molecule has 2 amide bonds. The molecule has 0 aromatic carbocycles. The van der Waals surface area contributed by atoms with Crippen molar-refractivity contribution in [3.63, 3.8) is 0 Å². The van der Waals surface area contributed by atoms with E-state index in [9.17, 15) is 9.90 Å². The standard InChI is InChI=1S/C16H30N2O3/c1-15(2)13(9-16(15,3)21-4)18-14(20)17-12-8-6-5-7-11(12)10-19/h11-13,19H,5-10H2,1-4H3,(H2,17,18,20). The minimum atomic E-state index is -0.177. The Kier molecular flexibility index (Phi) is 4.83. The van der Waals surface area contributed by atoms with Crippen LogP contribution in [0.4, 0.5) is 4.79 Å². The van der Waals surface area contributed by atoms with Crippen LogP contribution in [-0.2, 0) is 4.74 Å². The van der Waals surface area contributed by atoms with Crippen molar-refractivity contribution in [2.45, 2.75) is 70.6 Å². The Morgan fingerprint density at radius 3 is 2.48 bits per heavy atom. The molecule has 2 rings (SSSR count). The van der Waals surface area contributed by atoms with Gasteiger partial charge in [-0.3, -0.25) is 0 Å². The molecule has 5 heteroatoms. The number of nitrogens with one attached hydrogen (secondary N) is 2. The minimum Gasteiger partial charge on any atom is -0.396 e. The molecule has 2 saturated carbocycles. The van der Waals surface area contributed by atoms with Crippen molar-refractivity contribution in [3.05, 3.63) is 0 Å². The van der Waals surface area contributed by atoms with Crippen LogP contribution < -0.4 is 10.6 Å². The van der Waals surface area contributed by atoms with Gasteiger partial charge in [0.1, 0.15) is 0 Å². The third-order valence-corrected chi connectivity index (χ3v) is 6.04. The molecule has 0 aromatic heterocycles. The molecule has 0 aliphatic heterocycles. The van der Waals surface area contributed by atoms with E-state index in [0.717, 1.165) is 32.1 Å². The fourth-order valence-corrected chi connectivity index (χ4v) is 3.71. The number of ether oxygens (including phenoxy) is 1. The van der Waals surface area contributed by atoms with Crippen molar-refractivity contribution >= 4 is 6.03 Å². The highest BCUT2D eigenvalue weighted by atomic mass is 16.5. The molecule has 0 bridgehead atoms. The zero-order valence-corrected chi connectivity index (χ0v) is 13.7. The Morgan fingerprint density at radius 2 is 1.90 bits per heavy atom. The van der Waals surface area contributed by atoms with Gasteiger partial charge in [0.25, 0.3) is 0 Å². The second-order valence-electron chi connectivity index (χ2n) is 7.36. The molecule has 3 N–H and O–H groups in total. The predicted octanol–water partition coefficient (Wildman–Crippen LogP) is 2.04. The maximum absolute atomic E-state index is 12.2. The van der Waals surface area contributed by atoms with Crippen LogP contribution >= 0.6 is 0 Å². The van der Waals surface area contributed by atoms with Crippen molar-refractivity contribution in [3.8, 4) is 0 Å². The Morgan fingerprint density at radius 1 is 1.24 bits per heavy atom. The van der Waals surface area contributed by atoms with Gasteiger partial charge in [0, 0.05) is 37.1 Å². The highest BCUT2D eigenvalue weighted by molar-refractivity contribution is 5.75. The average Bonchev–Trinajstić information content (AvgIpc) is 2.47. The summed E-state index contributed by atoms with van der Waals surface area (Å²) >= 11 is 0. The van der Waals surface area contributed by atoms with Crippen LogP contribution in [0.3, 0.4) is 0 Å². The van der Waals surface area contributed by atoms with Gasteiger partial charge in [0.15, 0.2) is 0 Å². The third-order valence-electron chi connectivity index (χ3n) is 6.04. The van der Waals surface area contributed by atoms with Crippen LogP contribution in [0.15, 0.2) is 0 Å². The van der Waals surface area contributed by atoms with E-state index in [0.29, 0.717) is 0 Å². The minimum absolute atomic E-state index is 0.0813. The van der Waals surface area contributed by atoms with E-state index >= 15 is 0 Å². The molecule has 21 heavy (non-hydrogen) atoms. The van der Waals surface area contributed by atoms with Crippen LogP contribution in [-0.4, -0.2) is 42.5 Å². The summed E-state index contributed by atoms with van der Waals surface area (Å²) in [6.45, 7) is 6.50. The molecule has 5 nitrogen and oxygen atoms in total. The molecule has 2 aliphatic rings. The lowest BCUT2D eigenvalue weighted by Gasteiger charge is -2.59. The lowest BCUT2D eigenvalue weighted by atomic mass is 9.56. The normalized spacial score (nSPS) is 38.4. The maximum atomic E-state index is 12.2. The number of hydrogen-bond acceptors (Lipinski definition) is 3. The quantitative estimate of drug-likeness (QED) is 0.744. The number of aliphatic hydroxyl groups excluding tert-OH is 1. The highest BCUT2D eigenvalue weighted by Gasteiger charge is 2.58. The average molecular weight is 298 g/mol. The number of methoxy groups -OCH3 is 1. The van der Waals surface area contributed by atoms with E-state index in [1.165, 1.54) is 0 Å². The molecule has 0 saturated heterocycles. The number of carbonyl (C=O) groups excluding carboxylic acids is 1. The maximum Gasteiger partial charge on any atom is 0.315 e. The largest absolute Gasteiger partial charge is 0.396 e. The first-order valence-corrected chi connectivity index (χ1v) is 8.07. The lowest BCUT2D eigenvalue weighted by molar-refractivity contribution is -0.177. The summed E-state index contributed by atoms with van der Waals surface area (Å²) in [5.74, 6) is 0.197. The zero-order valence-electron chi connectivity index (χ0n) is 13.7. The summed E-state index contributed by atoms with van der Waals surface area (Å²) < 4.78 is 5.58. The molecule has 4 atom stereocenters. The van der Waals surface area contributed by atoms with Crippen LogP contribution in [0, 0.1) is 11.3 Å². The summed E-state index contributed by atoms with van der Waals surface area (Å²) in [6, 6.07) is 0.107. The summed E-state index contributed by atoms with van der Waals surface area (Å²) in [5.41, 5.74) is -0.258. The number of urea groups is 1. The smallest absolute Gasteiger partial charge is 0.315 e. The van der Waals surface area contributed by atoms with E-state index in [-0.39, 0.29) is 41.7 Å². The number of hydrogen-bond donors (Lipinski definition) is 3. The first-order valence-electron chi connectivity index (χ1n) is 8.07. The molecule has 0 aromatic rings. The van der Waals surface area contributed by atoms with Gasteiger partial charge in [-0.05, 0) is 26.2 Å². The number of rotatable bonds is 4. The van der Waals surface area contributed by atoms with Crippen molar-refractivity contribution < 1.29 is 14.6 Å². The molecule has 4 unspecified atom stereocenters. The van der Waals surface area contributed by atoms with E-state index in [2.05, 4.69) is 31.4 Å². The van der Waals surface area contributed by atoms with Crippen molar-refractivity contribution in [2.24, 2.45) is 11.3 Å². The lowest BCUT2D eigenvalue weighted by Crippen LogP contribution is -2.69. The SMILES string of the molecule is COC1(C)CC(NC(=O)NC2CCCCC2CO)C1(C)C. The highest BCUT2D eigenvalue weighted by Crippen LogP contribution is 2.51. The molecule has 0 radical (unpaired) electrons. The zero-order chi connectivity index (χ0) is 15.7. The van der Waals surface area contributed by atoms with Crippen molar-refractivity contribution in [2.75, 3.05) is 13.7 Å². The second kappa shape index (κ2) is 6.13. The molecule has 0 heterocycles. The van der Waals surface area contributed by atoms with E-state index in [1.54, 1.807) is 7.11 Å². The van der Waals surface area contributed by atoms with Crippen LogP contribution in [0.1, 0.15) is 52.9 Å². The van der Waals surface area contributed by atoms with Crippen molar-refractivity contribution in [1.82, 2.24) is 10.6 Å². The fourth-order valence-electron chi connectivity index (χ4n) is 3.71. The number of carbonyl (C=O) groups is 1. The van der Waals surface area contributed by atoms with Gasteiger partial charge in [-0.15, -0.1) is 0 Å². The van der Waals surface area contributed by atoms with E-state index in [1.807, 2.05) is 0 Å². The van der Waals surface area contributed by atoms with Gasteiger partial charge in [-0.25, -0.2) is 4.79 Å². The Balaban J connectivity index is 1.85. The Bertz CT molecular complexity index is 386. The number of amides is 2. The topological polar surface area (TPSA) is 70.6 Å². The third kappa shape index (κ3) is 3.04. The van der Waals surface area contributed by atoms with Gasteiger partial charge in [0.05, 0.1) is 5.60 Å². The molecular formula is C16H30N2O3. The second-order valence-corrected chi connectivity index (χ2v) is 7.36. The van der Waals surface area contributed by atoms with Gasteiger partial charge in [0.2, 0.25) is 0 Å². The summed E-state index contributed by atoms with van der Waals surface area (Å²) in [6.07, 6.45) is 5.06. The predicted molar refractivity (Wildman–Crippen MR) is 82.1 cm³/mol. The van der Waals surface area contributed by atoms with Gasteiger partial charge < -0.3 is 20.5 Å². The van der Waals surface area contributed by atoms with E-state index < -0.39 is 0 Å². The van der Waals surface area contributed by atoms with Crippen LogP contribution in [0.25, 0.3) is 0 Å². The van der Waals surface area contributed by atoms with Crippen molar-refractivity contribution in [1.29, 1.82) is 0 Å². The van der Waals surface area contributed by atoms with Crippen LogP contribution in [0.2, 0.25) is 0 Å². The first-order chi connectivity index (χ1) is 9.84. The summed E-state index contributed by atoms with van der Waals surface area (Å²) in [7, 11) is 1.73. The molecule has 2 aliphatic carbocycles. The molecule has 0 spiro atoms. The van der Waals surface area contributed by atoms with E-state index in [4.69, 9.17) is 4.74 Å². The number of aliphatic hydroxyl groups is 1. The Labute approximate surface area is 127 Å². The monoisotopic (exact) mass is 298 g/mol. The summed E-state index contributed by atoms with van der Waals surface area (Å²) in [5, 5.41) is 15.5. The fraction of sp³-hybridized carbons (Fsp3) is 0.938. The molecule has 2 fully saturated rings. The van der Waals surface area contributed by atoms with Gasteiger partial charge >= 0.3 is 6.03 Å². The first kappa shape index (κ1) is 16.6. The summed E-state index contributed by atoms with van der Waals surface area (Å²) in [4.78, 5) is 12.2. The molecule has 122 valence electrons.